The minimum Gasteiger partial charge on any atom is -0.399 e. The van der Waals surface area contributed by atoms with Crippen LogP contribution in [0.15, 0.2) is 42.5 Å². The van der Waals surface area contributed by atoms with Crippen molar-refractivity contribution >= 4 is 34.0 Å². The lowest BCUT2D eigenvalue weighted by molar-refractivity contribution is -0.124. The average molecular weight is 511 g/mol. The highest BCUT2D eigenvalue weighted by molar-refractivity contribution is 6.35. The summed E-state index contributed by atoms with van der Waals surface area (Å²) in [4.78, 5) is 12.8. The molecule has 36 heavy (non-hydrogen) atoms. The number of aryl methyl sites for hydroxylation is 1. The van der Waals surface area contributed by atoms with Crippen molar-refractivity contribution in [3.05, 3.63) is 64.7 Å². The Morgan fingerprint density at radius 3 is 2.67 bits per heavy atom. The highest BCUT2D eigenvalue weighted by Crippen LogP contribution is 2.59. The van der Waals surface area contributed by atoms with Crippen LogP contribution in [0.2, 0.25) is 5.02 Å². The molecule has 0 amide bonds. The molecule has 3 fully saturated rings. The number of hydrogen-bond acceptors (Lipinski definition) is 8. The molecule has 6 rings (SSSR count). The van der Waals surface area contributed by atoms with Crippen LogP contribution < -0.4 is 22.2 Å². The second kappa shape index (κ2) is 9.37. The van der Waals surface area contributed by atoms with Crippen LogP contribution in [0.1, 0.15) is 50.4 Å². The number of hydrogen-bond donors (Lipinski definition) is 4. The molecule has 0 radical (unpaired) electrons. The fourth-order valence-corrected chi connectivity index (χ4v) is 5.39. The summed E-state index contributed by atoms with van der Waals surface area (Å²) in [6.07, 6.45) is 6.57. The largest absolute Gasteiger partial charge is 0.399 e. The molecule has 2 aromatic heterocycles. The molecule has 8 nitrogen and oxygen atoms in total. The molecule has 3 aromatic rings. The molecule has 0 spiro atoms. The molecule has 3 aliphatic rings. The summed E-state index contributed by atoms with van der Waals surface area (Å²) >= 11 is 6.64. The van der Waals surface area contributed by atoms with Crippen LogP contribution in [0.5, 0.6) is 0 Å². The lowest BCUT2D eigenvalue weighted by Gasteiger charge is -2.65. The Labute approximate surface area is 215 Å². The first-order valence-electron chi connectivity index (χ1n) is 12.2. The molecule has 2 heterocycles. The van der Waals surface area contributed by atoms with Crippen molar-refractivity contribution < 1.29 is 4.39 Å². The quantitative estimate of drug-likeness (QED) is 0.183. The van der Waals surface area contributed by atoms with Crippen molar-refractivity contribution in [2.75, 3.05) is 17.2 Å². The number of halogens is 2. The number of nitrogens with one attached hydrogen (secondary N) is 2. The number of nitrogens with two attached hydrogens (primary N) is 2. The van der Waals surface area contributed by atoms with Gasteiger partial charge in [-0.15, -0.1) is 0 Å². The highest BCUT2D eigenvalue weighted by Gasteiger charge is 2.59. The maximum Gasteiger partial charge on any atom is 0.213 e. The van der Waals surface area contributed by atoms with E-state index in [1.165, 1.54) is 12.4 Å². The van der Waals surface area contributed by atoms with Crippen molar-refractivity contribution in [1.82, 2.24) is 20.0 Å². The van der Waals surface area contributed by atoms with Crippen LogP contribution in [0, 0.1) is 24.7 Å². The van der Waals surface area contributed by atoms with Crippen LogP contribution in [-0.4, -0.2) is 32.0 Å². The number of fused-ring (bicyclic) bond motifs is 1. The molecule has 0 saturated heterocycles. The zero-order valence-electron chi connectivity index (χ0n) is 20.7. The molecular formula is C26H32ClFN8. The van der Waals surface area contributed by atoms with Gasteiger partial charge >= 0.3 is 0 Å². The third kappa shape index (κ3) is 4.53. The third-order valence-electron chi connectivity index (χ3n) is 7.26. The molecule has 1 aromatic carbocycles. The second-order valence-corrected chi connectivity index (χ2v) is 10.9. The number of benzene rings is 1. The predicted octanol–water partition coefficient (Wildman–Crippen LogP) is 4.88. The molecule has 1 unspecified atom stereocenters. The normalized spacial score (nSPS) is 21.6. The van der Waals surface area contributed by atoms with E-state index in [1.807, 2.05) is 6.07 Å². The van der Waals surface area contributed by atoms with Crippen molar-refractivity contribution in [2.45, 2.75) is 51.6 Å². The van der Waals surface area contributed by atoms with E-state index in [2.05, 4.69) is 39.4 Å². The van der Waals surface area contributed by atoms with Gasteiger partial charge in [-0.25, -0.2) is 20.8 Å². The minimum absolute atomic E-state index is 0.0104. The Kier molecular flexibility index (Phi) is 6.38. The maximum absolute atomic E-state index is 13.8. The smallest absolute Gasteiger partial charge is 0.213 e. The lowest BCUT2D eigenvalue weighted by Crippen LogP contribution is -2.68. The Balaban J connectivity index is 1.52. The van der Waals surface area contributed by atoms with Gasteiger partial charge in [0.2, 0.25) is 5.95 Å². The number of hydrazine groups is 1. The first kappa shape index (κ1) is 24.5. The van der Waals surface area contributed by atoms with E-state index in [4.69, 9.17) is 23.2 Å². The molecular weight excluding hydrogens is 479 g/mol. The maximum atomic E-state index is 13.8. The second-order valence-electron chi connectivity index (χ2n) is 10.5. The van der Waals surface area contributed by atoms with Crippen LogP contribution in [0.25, 0.3) is 10.9 Å². The first-order valence-corrected chi connectivity index (χ1v) is 12.6. The predicted molar refractivity (Wildman–Crippen MR) is 142 cm³/mol. The van der Waals surface area contributed by atoms with Gasteiger partial charge in [0.1, 0.15) is 12.1 Å². The molecule has 0 aliphatic heterocycles. The number of aromatic nitrogens is 3. The molecule has 2 bridgehead atoms. The Morgan fingerprint density at radius 1 is 1.28 bits per heavy atom. The van der Waals surface area contributed by atoms with E-state index in [9.17, 15) is 4.39 Å². The topological polar surface area (TPSA) is 118 Å². The van der Waals surface area contributed by atoms with Gasteiger partial charge in [0.15, 0.2) is 0 Å². The van der Waals surface area contributed by atoms with E-state index >= 15 is 0 Å². The molecule has 3 saturated carbocycles. The van der Waals surface area contributed by atoms with Gasteiger partial charge in [0, 0.05) is 35.1 Å². The van der Waals surface area contributed by atoms with Gasteiger partial charge in [-0.3, -0.25) is 0 Å². The van der Waals surface area contributed by atoms with Crippen molar-refractivity contribution in [1.29, 1.82) is 0 Å². The highest BCUT2D eigenvalue weighted by atomic mass is 35.5. The van der Waals surface area contributed by atoms with Gasteiger partial charge in [-0.1, -0.05) is 31.5 Å². The van der Waals surface area contributed by atoms with Gasteiger partial charge in [-0.05, 0) is 56.2 Å². The SMILES string of the molecule is Cc1nc(F)ccc1C(Nc1cc(Cl)c2ncnc(NCC(C)C)c2c1)/C(N)=C/N(N)C12CC(C1)C2. The standard InChI is InChI=1S/C26H32ClFN8/c1-14(2)11-31-25-19-6-17(7-20(27)23(19)32-13-33-25)35-24(18-4-5-22(28)34-15(18)3)21(29)12-36(30)26-8-16(9-26)10-26/h4-7,12-14,16,24,35H,8-11,29-30H2,1-3H3,(H,31,32,33)/b21-12-. The summed E-state index contributed by atoms with van der Waals surface area (Å²) in [6.45, 7) is 6.78. The third-order valence-corrected chi connectivity index (χ3v) is 7.55. The summed E-state index contributed by atoms with van der Waals surface area (Å²) < 4.78 is 13.8. The van der Waals surface area contributed by atoms with Crippen LogP contribution in [0.4, 0.5) is 15.9 Å². The Morgan fingerprint density at radius 2 is 2.03 bits per heavy atom. The summed E-state index contributed by atoms with van der Waals surface area (Å²) in [5.74, 6) is 7.81. The van der Waals surface area contributed by atoms with E-state index in [0.29, 0.717) is 39.4 Å². The lowest BCUT2D eigenvalue weighted by atomic mass is 9.49. The zero-order valence-corrected chi connectivity index (χ0v) is 21.5. The fourth-order valence-electron chi connectivity index (χ4n) is 5.12. The number of pyridine rings is 1. The van der Waals surface area contributed by atoms with Crippen molar-refractivity contribution in [3.63, 3.8) is 0 Å². The van der Waals surface area contributed by atoms with Crippen LogP contribution in [0.3, 0.4) is 0 Å². The number of nitrogens with zero attached hydrogens (tertiary/aromatic N) is 4. The fraction of sp³-hybridized carbons (Fsp3) is 0.423. The summed E-state index contributed by atoms with van der Waals surface area (Å²) in [7, 11) is 0. The van der Waals surface area contributed by atoms with Gasteiger partial charge in [0.05, 0.1) is 27.8 Å². The zero-order chi connectivity index (χ0) is 25.6. The van der Waals surface area contributed by atoms with Crippen LogP contribution >= 0.6 is 11.6 Å². The molecule has 3 aliphatic carbocycles. The Bertz CT molecular complexity index is 1310. The van der Waals surface area contributed by atoms with Crippen LogP contribution in [-0.2, 0) is 0 Å². The van der Waals surface area contributed by atoms with E-state index < -0.39 is 12.0 Å². The van der Waals surface area contributed by atoms with Gasteiger partial charge < -0.3 is 21.4 Å². The van der Waals surface area contributed by atoms with Gasteiger partial charge in [0.25, 0.3) is 0 Å². The monoisotopic (exact) mass is 510 g/mol. The summed E-state index contributed by atoms with van der Waals surface area (Å²) in [5, 5.41) is 9.88. The van der Waals surface area contributed by atoms with Gasteiger partial charge in [-0.2, -0.15) is 4.39 Å². The van der Waals surface area contributed by atoms with Crippen molar-refractivity contribution in [3.8, 4) is 0 Å². The molecule has 1 atom stereocenters. The molecule has 6 N–H and O–H groups in total. The summed E-state index contributed by atoms with van der Waals surface area (Å²) in [5.41, 5.74) is 9.80. The summed E-state index contributed by atoms with van der Waals surface area (Å²) in [6, 6.07) is 6.26. The average Bonchev–Trinajstić information content (AvgIpc) is 2.74. The minimum atomic E-state index is -0.543. The molecule has 10 heteroatoms. The number of anilines is 2. The number of rotatable bonds is 9. The molecule has 190 valence electrons. The Hall–Kier alpha value is -3.17. The first-order chi connectivity index (χ1) is 17.1. The van der Waals surface area contributed by atoms with E-state index in [-0.39, 0.29) is 5.54 Å². The van der Waals surface area contributed by atoms with E-state index in [0.717, 1.165) is 42.7 Å². The van der Waals surface area contributed by atoms with E-state index in [1.54, 1.807) is 30.3 Å². The van der Waals surface area contributed by atoms with Crippen molar-refractivity contribution in [2.24, 2.45) is 23.4 Å².